The first-order valence-corrected chi connectivity index (χ1v) is 9.17. The molecule has 3 aromatic rings. The lowest BCUT2D eigenvalue weighted by molar-refractivity contribution is 0.0663. The van der Waals surface area contributed by atoms with Gasteiger partial charge in [-0.05, 0) is 30.9 Å². The van der Waals surface area contributed by atoms with Crippen LogP contribution in [0, 0.1) is 5.92 Å². The van der Waals surface area contributed by atoms with E-state index in [0.717, 1.165) is 49.5 Å². The molecule has 1 aliphatic rings. The predicted octanol–water partition coefficient (Wildman–Crippen LogP) is 2.83. The molecule has 1 fully saturated rings. The normalized spacial score (nSPS) is 17.1. The van der Waals surface area contributed by atoms with E-state index in [1.54, 1.807) is 19.5 Å². The van der Waals surface area contributed by atoms with Gasteiger partial charge < -0.3 is 14.2 Å². The number of imidazole rings is 1. The molecule has 0 saturated carbocycles. The van der Waals surface area contributed by atoms with Gasteiger partial charge in [0.25, 0.3) is 5.91 Å². The fourth-order valence-electron chi connectivity index (χ4n) is 3.71. The van der Waals surface area contributed by atoms with Gasteiger partial charge in [-0.25, -0.2) is 4.98 Å². The minimum absolute atomic E-state index is 0.0249. The van der Waals surface area contributed by atoms with E-state index in [4.69, 9.17) is 4.74 Å². The summed E-state index contributed by atoms with van der Waals surface area (Å²) in [4.78, 5) is 19.2. The van der Waals surface area contributed by atoms with Gasteiger partial charge in [0.05, 0.1) is 30.9 Å². The molecular weight excluding hydrogens is 342 g/mol. The number of hydrogen-bond donors (Lipinski definition) is 1. The Bertz CT molecular complexity index is 903. The third kappa shape index (κ3) is 3.72. The van der Waals surface area contributed by atoms with E-state index in [1.807, 2.05) is 41.7 Å². The Morgan fingerprint density at radius 3 is 3.15 bits per heavy atom. The van der Waals surface area contributed by atoms with Crippen molar-refractivity contribution in [1.29, 1.82) is 0 Å². The van der Waals surface area contributed by atoms with Gasteiger partial charge in [0.15, 0.2) is 0 Å². The highest BCUT2D eigenvalue weighted by atomic mass is 16.5. The van der Waals surface area contributed by atoms with E-state index in [2.05, 4.69) is 19.7 Å². The highest BCUT2D eigenvalue weighted by Gasteiger charge is 2.27. The molecule has 1 atom stereocenters. The number of carbonyl (C=O) groups is 1. The molecule has 1 amide bonds. The molecule has 140 valence electrons. The molecule has 1 N–H and O–H groups in total. The van der Waals surface area contributed by atoms with E-state index in [1.165, 1.54) is 0 Å². The molecule has 1 saturated heterocycles. The summed E-state index contributed by atoms with van der Waals surface area (Å²) in [5, 5.41) is 7.10. The van der Waals surface area contributed by atoms with Gasteiger partial charge in [0.2, 0.25) is 0 Å². The monoisotopic (exact) mass is 365 g/mol. The molecule has 0 radical (unpaired) electrons. The highest BCUT2D eigenvalue weighted by molar-refractivity contribution is 5.99. The number of hydrogen-bond acceptors (Lipinski definition) is 4. The molecule has 0 unspecified atom stereocenters. The number of nitrogens with one attached hydrogen (secondary N) is 1. The van der Waals surface area contributed by atoms with Crippen LogP contribution in [0.4, 0.5) is 0 Å². The topological polar surface area (TPSA) is 76.0 Å². The number of amides is 1. The Morgan fingerprint density at radius 1 is 1.41 bits per heavy atom. The second-order valence-corrected chi connectivity index (χ2v) is 6.91. The van der Waals surface area contributed by atoms with Gasteiger partial charge in [-0.15, -0.1) is 0 Å². The Labute approximate surface area is 158 Å². The Balaban J connectivity index is 1.52. The van der Waals surface area contributed by atoms with Gasteiger partial charge in [0, 0.05) is 37.6 Å². The van der Waals surface area contributed by atoms with Crippen LogP contribution in [0.1, 0.15) is 23.2 Å². The van der Waals surface area contributed by atoms with Crippen molar-refractivity contribution in [3.63, 3.8) is 0 Å². The number of likely N-dealkylation sites (tertiary alicyclic amines) is 1. The van der Waals surface area contributed by atoms with Crippen molar-refractivity contribution in [2.45, 2.75) is 19.4 Å². The maximum Gasteiger partial charge on any atom is 0.257 e. The van der Waals surface area contributed by atoms with E-state index < -0.39 is 0 Å². The molecule has 4 rings (SSSR count). The smallest absolute Gasteiger partial charge is 0.257 e. The summed E-state index contributed by atoms with van der Waals surface area (Å²) in [6.07, 6.45) is 9.34. The van der Waals surface area contributed by atoms with Crippen molar-refractivity contribution in [2.75, 3.05) is 20.2 Å². The molecule has 0 spiro atoms. The summed E-state index contributed by atoms with van der Waals surface area (Å²) < 4.78 is 7.38. The number of H-pyrrole nitrogens is 1. The van der Waals surface area contributed by atoms with Crippen molar-refractivity contribution in [3.05, 3.63) is 54.7 Å². The number of piperidine rings is 1. The SMILES string of the molecule is COc1cccc(-c2[nH]ncc2C(=O)N2CCC[C@H](Cn3ccnc3)C2)c1. The first-order chi connectivity index (χ1) is 13.2. The van der Waals surface area contributed by atoms with Gasteiger partial charge in [-0.1, -0.05) is 12.1 Å². The van der Waals surface area contributed by atoms with Crippen LogP contribution >= 0.6 is 0 Å². The van der Waals surface area contributed by atoms with Crippen LogP contribution in [-0.4, -0.2) is 50.8 Å². The van der Waals surface area contributed by atoms with E-state index in [-0.39, 0.29) is 5.91 Å². The molecule has 7 heteroatoms. The molecule has 27 heavy (non-hydrogen) atoms. The van der Waals surface area contributed by atoms with E-state index >= 15 is 0 Å². The number of rotatable bonds is 5. The average Bonchev–Trinajstić information content (AvgIpc) is 3.39. The number of carbonyl (C=O) groups excluding carboxylic acids is 1. The molecule has 7 nitrogen and oxygen atoms in total. The summed E-state index contributed by atoms with van der Waals surface area (Å²) >= 11 is 0. The number of methoxy groups -OCH3 is 1. The Hall–Kier alpha value is -3.09. The largest absolute Gasteiger partial charge is 0.497 e. The fraction of sp³-hybridized carbons (Fsp3) is 0.350. The second kappa shape index (κ2) is 7.65. The molecular formula is C20H23N5O2. The first kappa shape index (κ1) is 17.3. The third-order valence-corrected chi connectivity index (χ3v) is 5.06. The van der Waals surface area contributed by atoms with Crippen molar-refractivity contribution >= 4 is 5.91 Å². The molecule has 0 bridgehead atoms. The number of ether oxygens (including phenoxy) is 1. The zero-order chi connectivity index (χ0) is 18.6. The lowest BCUT2D eigenvalue weighted by Gasteiger charge is -2.33. The van der Waals surface area contributed by atoms with Crippen molar-refractivity contribution in [1.82, 2.24) is 24.6 Å². The summed E-state index contributed by atoms with van der Waals surface area (Å²) in [5.74, 6) is 1.21. The quantitative estimate of drug-likeness (QED) is 0.754. The van der Waals surface area contributed by atoms with Crippen LogP contribution in [0.2, 0.25) is 0 Å². The van der Waals surface area contributed by atoms with Crippen LogP contribution in [0.15, 0.2) is 49.2 Å². The van der Waals surface area contributed by atoms with Crippen LogP contribution in [0.3, 0.4) is 0 Å². The van der Waals surface area contributed by atoms with Gasteiger partial charge in [0.1, 0.15) is 5.75 Å². The minimum atomic E-state index is 0.0249. The predicted molar refractivity (Wildman–Crippen MR) is 101 cm³/mol. The summed E-state index contributed by atoms with van der Waals surface area (Å²) in [6, 6.07) is 7.64. The van der Waals surface area contributed by atoms with Crippen molar-refractivity contribution < 1.29 is 9.53 Å². The maximum absolute atomic E-state index is 13.2. The Morgan fingerprint density at radius 2 is 2.33 bits per heavy atom. The van der Waals surface area contributed by atoms with E-state index in [9.17, 15) is 4.79 Å². The lowest BCUT2D eigenvalue weighted by atomic mass is 9.97. The average molecular weight is 365 g/mol. The second-order valence-electron chi connectivity index (χ2n) is 6.91. The van der Waals surface area contributed by atoms with Gasteiger partial charge >= 0.3 is 0 Å². The maximum atomic E-state index is 13.2. The lowest BCUT2D eigenvalue weighted by Crippen LogP contribution is -2.41. The first-order valence-electron chi connectivity index (χ1n) is 9.17. The number of benzene rings is 1. The van der Waals surface area contributed by atoms with Crippen molar-refractivity contribution in [3.8, 4) is 17.0 Å². The van der Waals surface area contributed by atoms with Crippen LogP contribution in [-0.2, 0) is 6.54 Å². The highest BCUT2D eigenvalue weighted by Crippen LogP contribution is 2.27. The summed E-state index contributed by atoms with van der Waals surface area (Å²) in [5.41, 5.74) is 2.23. The van der Waals surface area contributed by atoms with Crippen LogP contribution in [0.25, 0.3) is 11.3 Å². The minimum Gasteiger partial charge on any atom is -0.497 e. The fourth-order valence-corrected chi connectivity index (χ4v) is 3.71. The van der Waals surface area contributed by atoms with Gasteiger partial charge in [-0.3, -0.25) is 9.89 Å². The van der Waals surface area contributed by atoms with Gasteiger partial charge in [-0.2, -0.15) is 5.10 Å². The Kier molecular flexibility index (Phi) is 4.91. The van der Waals surface area contributed by atoms with Crippen LogP contribution in [0.5, 0.6) is 5.75 Å². The number of aromatic nitrogens is 4. The molecule has 0 aliphatic carbocycles. The molecule has 1 aliphatic heterocycles. The number of aromatic amines is 1. The standard InChI is InChI=1S/C20H23N5O2/c1-27-17-6-2-5-16(10-17)19-18(11-22-23-19)20(26)25-8-3-4-15(13-25)12-24-9-7-21-14-24/h2,5-7,9-11,14-15H,3-4,8,12-13H2,1H3,(H,22,23)/t15-/m1/s1. The van der Waals surface area contributed by atoms with E-state index in [0.29, 0.717) is 11.5 Å². The zero-order valence-electron chi connectivity index (χ0n) is 15.3. The summed E-state index contributed by atoms with van der Waals surface area (Å²) in [6.45, 7) is 2.42. The molecule has 1 aromatic carbocycles. The van der Waals surface area contributed by atoms with Crippen LogP contribution < -0.4 is 4.74 Å². The van der Waals surface area contributed by atoms with Crippen molar-refractivity contribution in [2.24, 2.45) is 5.92 Å². The molecule has 2 aromatic heterocycles. The third-order valence-electron chi connectivity index (χ3n) is 5.06. The summed E-state index contributed by atoms with van der Waals surface area (Å²) in [7, 11) is 1.63. The zero-order valence-corrected chi connectivity index (χ0v) is 15.3. The molecule has 3 heterocycles. The number of nitrogens with zero attached hydrogens (tertiary/aromatic N) is 4.